The quantitative estimate of drug-likeness (QED) is 0.267. The number of aromatic nitrogens is 2. The highest BCUT2D eigenvalue weighted by Gasteiger charge is 2.20. The molecule has 0 saturated heterocycles. The fourth-order valence-corrected chi connectivity index (χ4v) is 3.22. The van der Waals surface area contributed by atoms with E-state index in [0.29, 0.717) is 24.2 Å². The van der Waals surface area contributed by atoms with Gasteiger partial charge in [-0.3, -0.25) is 5.73 Å². The third kappa shape index (κ3) is 5.99. The minimum absolute atomic E-state index is 0.232. The van der Waals surface area contributed by atoms with Crippen molar-refractivity contribution in [3.63, 3.8) is 0 Å². The van der Waals surface area contributed by atoms with Crippen molar-refractivity contribution in [2.45, 2.75) is 32.4 Å². The van der Waals surface area contributed by atoms with E-state index in [0.717, 1.165) is 24.1 Å². The van der Waals surface area contributed by atoms with Crippen LogP contribution in [0.25, 0.3) is 11.3 Å². The lowest BCUT2D eigenvalue weighted by atomic mass is 10.0. The Morgan fingerprint density at radius 3 is 2.67 bits per heavy atom. The van der Waals surface area contributed by atoms with Crippen LogP contribution in [-0.2, 0) is 28.7 Å². The summed E-state index contributed by atoms with van der Waals surface area (Å²) >= 11 is 0. The molecule has 9 nitrogen and oxygen atoms in total. The Morgan fingerprint density at radius 1 is 1.23 bits per heavy atom. The summed E-state index contributed by atoms with van der Waals surface area (Å²) in [6, 6.07) is 15.5. The normalized spacial score (nSPS) is 11.4. The van der Waals surface area contributed by atoms with Crippen LogP contribution in [0.5, 0.6) is 0 Å². The molecule has 0 atom stereocenters. The highest BCUT2D eigenvalue weighted by atomic mass is 31.2. The number of nitrogens with zero attached hydrogens (tertiary/aromatic N) is 3. The second kappa shape index (κ2) is 9.65. The van der Waals surface area contributed by atoms with Crippen molar-refractivity contribution < 1.29 is 28.0 Å². The molecule has 2 heterocycles. The van der Waals surface area contributed by atoms with E-state index < -0.39 is 14.6 Å². The van der Waals surface area contributed by atoms with Gasteiger partial charge in [0.25, 0.3) is 5.82 Å². The number of rotatable bonds is 9. The molecule has 30 heavy (non-hydrogen) atoms. The summed E-state index contributed by atoms with van der Waals surface area (Å²) in [4.78, 5) is 17.7. The van der Waals surface area contributed by atoms with Crippen LogP contribution < -0.4 is 10.3 Å². The molecule has 0 bridgehead atoms. The van der Waals surface area contributed by atoms with Crippen molar-refractivity contribution in [2.24, 2.45) is 0 Å². The number of nitriles is 1. The molecule has 156 valence electrons. The standard InChI is InChI=1S/C20H21N4O5P/c21-10-2-1-4-15-6-8-16(9-7-15)12-17-13-19(29-23-17)18-5-3-11-24(20(18)22)14-28-30(25,26)27/h3,5-9,11,13,22H,1-2,4,12,14H2,(H2,25,26,27)/p+1. The number of benzene rings is 1. The maximum Gasteiger partial charge on any atom is 0.472 e. The van der Waals surface area contributed by atoms with Crippen LogP contribution >= 0.6 is 7.82 Å². The summed E-state index contributed by atoms with van der Waals surface area (Å²) in [5, 5.41) is 12.7. The highest BCUT2D eigenvalue weighted by molar-refractivity contribution is 7.46. The molecule has 3 rings (SSSR count). The Hall–Kier alpha value is -3.02. The summed E-state index contributed by atoms with van der Waals surface area (Å²) in [6.45, 7) is -0.397. The molecule has 4 N–H and O–H groups in total. The number of nitrogens with two attached hydrogens (primary N) is 1. The average molecular weight is 429 g/mol. The summed E-state index contributed by atoms with van der Waals surface area (Å²) in [7, 11) is -4.61. The lowest BCUT2D eigenvalue weighted by Gasteiger charge is -2.07. The predicted octanol–water partition coefficient (Wildman–Crippen LogP) is 2.72. The van der Waals surface area contributed by atoms with Gasteiger partial charge in [-0.05, 0) is 36.1 Å². The Kier molecular flexibility index (Phi) is 6.98. The van der Waals surface area contributed by atoms with E-state index in [1.54, 1.807) is 24.4 Å². The van der Waals surface area contributed by atoms with Gasteiger partial charge in [-0.1, -0.05) is 29.4 Å². The van der Waals surface area contributed by atoms with E-state index in [2.05, 4.69) is 15.7 Å². The van der Waals surface area contributed by atoms with Crippen LogP contribution in [0.1, 0.15) is 29.7 Å². The zero-order chi connectivity index (χ0) is 21.6. The van der Waals surface area contributed by atoms with E-state index in [1.807, 2.05) is 24.3 Å². The third-order valence-corrected chi connectivity index (χ3v) is 4.92. The van der Waals surface area contributed by atoms with E-state index in [4.69, 9.17) is 25.3 Å². The molecule has 0 spiro atoms. The van der Waals surface area contributed by atoms with Gasteiger partial charge in [0, 0.05) is 18.9 Å². The van der Waals surface area contributed by atoms with Crippen molar-refractivity contribution in [1.29, 1.82) is 5.26 Å². The fraction of sp³-hybridized carbons (Fsp3) is 0.250. The monoisotopic (exact) mass is 429 g/mol. The second-order valence-electron chi connectivity index (χ2n) is 6.71. The largest absolute Gasteiger partial charge is 0.472 e. The Morgan fingerprint density at radius 2 is 1.97 bits per heavy atom. The molecule has 0 radical (unpaired) electrons. The third-order valence-electron chi connectivity index (χ3n) is 4.47. The lowest BCUT2D eigenvalue weighted by molar-refractivity contribution is -0.711. The van der Waals surface area contributed by atoms with Crippen LogP contribution in [0.15, 0.2) is 53.2 Å². The van der Waals surface area contributed by atoms with E-state index in [-0.39, 0.29) is 5.82 Å². The number of aryl methyl sites for hydroxylation is 1. The first-order valence-electron chi connectivity index (χ1n) is 9.24. The summed E-state index contributed by atoms with van der Waals surface area (Å²) in [5.41, 5.74) is 9.62. The number of pyridine rings is 1. The molecule has 0 unspecified atom stereocenters. The number of nitrogen functional groups attached to an aromatic ring is 1. The number of phosphoric acid groups is 1. The van der Waals surface area contributed by atoms with Gasteiger partial charge in [0.05, 0.1) is 18.0 Å². The van der Waals surface area contributed by atoms with Crippen LogP contribution in [0.2, 0.25) is 0 Å². The zero-order valence-electron chi connectivity index (χ0n) is 16.1. The zero-order valence-corrected chi connectivity index (χ0v) is 17.0. The first-order valence-corrected chi connectivity index (χ1v) is 10.8. The fourth-order valence-electron chi connectivity index (χ4n) is 2.95. The summed E-state index contributed by atoms with van der Waals surface area (Å²) in [6.07, 6.45) is 4.40. The molecular formula is C20H22N4O5P+. The molecule has 2 aromatic heterocycles. The van der Waals surface area contributed by atoms with Gasteiger partial charge in [0.2, 0.25) is 6.73 Å². The number of phosphoric ester groups is 1. The van der Waals surface area contributed by atoms with Crippen LogP contribution in [-0.4, -0.2) is 14.9 Å². The van der Waals surface area contributed by atoms with Crippen molar-refractivity contribution in [1.82, 2.24) is 5.16 Å². The van der Waals surface area contributed by atoms with Gasteiger partial charge in [-0.2, -0.15) is 5.26 Å². The lowest BCUT2D eigenvalue weighted by Crippen LogP contribution is -2.38. The molecular weight excluding hydrogens is 407 g/mol. The van der Waals surface area contributed by atoms with Gasteiger partial charge in [-0.25, -0.2) is 13.7 Å². The van der Waals surface area contributed by atoms with Crippen molar-refractivity contribution in [3.05, 3.63) is 65.5 Å². The number of hydrogen-bond donors (Lipinski definition) is 3. The number of anilines is 1. The first-order chi connectivity index (χ1) is 14.4. The maximum atomic E-state index is 10.9. The number of hydrogen-bond acceptors (Lipinski definition) is 6. The average Bonchev–Trinajstić information content (AvgIpc) is 3.16. The summed E-state index contributed by atoms with van der Waals surface area (Å²) in [5.74, 6) is 0.677. The van der Waals surface area contributed by atoms with Gasteiger partial charge in [-0.15, -0.1) is 0 Å². The minimum atomic E-state index is -4.61. The molecule has 10 heteroatoms. The van der Waals surface area contributed by atoms with E-state index in [9.17, 15) is 4.57 Å². The Bertz CT molecular complexity index is 1090. The molecule has 3 aromatic rings. The first kappa shape index (κ1) is 21.7. The van der Waals surface area contributed by atoms with Gasteiger partial charge in [0.1, 0.15) is 5.56 Å². The summed E-state index contributed by atoms with van der Waals surface area (Å²) < 4.78 is 22.2. The molecule has 0 amide bonds. The SMILES string of the molecule is N#CCCCc1ccc(Cc2cc(-c3ccc[n+](COP(=O)(O)O)c3N)on2)cc1. The molecule has 0 fully saturated rings. The van der Waals surface area contributed by atoms with Crippen molar-refractivity contribution in [2.75, 3.05) is 5.73 Å². The van der Waals surface area contributed by atoms with Crippen LogP contribution in [0.3, 0.4) is 0 Å². The predicted molar refractivity (Wildman–Crippen MR) is 107 cm³/mol. The highest BCUT2D eigenvalue weighted by Crippen LogP contribution is 2.35. The van der Waals surface area contributed by atoms with Crippen molar-refractivity contribution >= 4 is 13.6 Å². The molecule has 0 aliphatic rings. The van der Waals surface area contributed by atoms with Crippen LogP contribution in [0.4, 0.5) is 5.82 Å². The molecule has 1 aromatic carbocycles. The van der Waals surface area contributed by atoms with Gasteiger partial charge >= 0.3 is 7.82 Å². The smallest absolute Gasteiger partial charge is 0.356 e. The molecule has 0 aliphatic carbocycles. The van der Waals surface area contributed by atoms with Crippen LogP contribution in [0, 0.1) is 11.3 Å². The minimum Gasteiger partial charge on any atom is -0.356 e. The Balaban J connectivity index is 1.69. The van der Waals surface area contributed by atoms with E-state index >= 15 is 0 Å². The maximum absolute atomic E-state index is 10.9. The van der Waals surface area contributed by atoms with E-state index in [1.165, 1.54) is 10.1 Å². The van der Waals surface area contributed by atoms with Crippen molar-refractivity contribution in [3.8, 4) is 17.4 Å². The van der Waals surface area contributed by atoms with Gasteiger partial charge < -0.3 is 14.3 Å². The molecule has 0 saturated carbocycles. The number of unbranched alkanes of at least 4 members (excludes halogenated alkanes) is 1. The molecule has 0 aliphatic heterocycles. The van der Waals surface area contributed by atoms with Gasteiger partial charge in [0.15, 0.2) is 5.76 Å². The second-order valence-corrected chi connectivity index (χ2v) is 7.95. The Labute approximate surface area is 173 Å². The topological polar surface area (TPSA) is 146 Å².